The zero-order valence-corrected chi connectivity index (χ0v) is 20.7. The molecule has 2 aliphatic heterocycles. The van der Waals surface area contributed by atoms with Crippen LogP contribution in [0.25, 0.3) is 0 Å². The molecule has 194 valence electrons. The lowest BCUT2D eigenvalue weighted by molar-refractivity contribution is -0.120. The number of carbonyl (C=O) groups is 4. The van der Waals surface area contributed by atoms with Gasteiger partial charge in [-0.15, -0.1) is 0 Å². The summed E-state index contributed by atoms with van der Waals surface area (Å²) in [5, 5.41) is 5.60. The molecule has 0 saturated carbocycles. The van der Waals surface area contributed by atoms with Crippen LogP contribution in [-0.4, -0.2) is 58.1 Å². The van der Waals surface area contributed by atoms with E-state index in [1.165, 1.54) is 12.4 Å². The van der Waals surface area contributed by atoms with Crippen molar-refractivity contribution in [3.05, 3.63) is 88.5 Å². The highest BCUT2D eigenvalue weighted by molar-refractivity contribution is 5.97. The second-order valence-corrected chi connectivity index (χ2v) is 9.22. The SMILES string of the molecule is O=C1CCN(C(=O)c2ccc(CNC(=O)c3cc(C(=O)NCc4ccc5c(c4)CCO5)ncn3)cc2)CC1. The Bertz CT molecular complexity index is 1380. The number of hydrogen-bond acceptors (Lipinski definition) is 7. The standard InChI is InChI=1S/C28H27N5O5/c34-22-7-10-33(11-8-22)28(37)20-4-1-18(2-5-20)15-29-26(35)23-14-24(32-17-31-23)27(36)30-16-19-3-6-25-21(13-19)9-12-38-25/h1-6,13-14,17H,7-12,15-16H2,(H,29,35)(H,30,36). The van der Waals surface area contributed by atoms with Crippen molar-refractivity contribution in [2.75, 3.05) is 19.7 Å². The Morgan fingerprint density at radius 2 is 1.45 bits per heavy atom. The number of amides is 3. The van der Waals surface area contributed by atoms with E-state index in [4.69, 9.17) is 4.74 Å². The summed E-state index contributed by atoms with van der Waals surface area (Å²) in [5.74, 6) is 0.106. The van der Waals surface area contributed by atoms with E-state index >= 15 is 0 Å². The minimum Gasteiger partial charge on any atom is -0.493 e. The van der Waals surface area contributed by atoms with E-state index in [1.807, 2.05) is 18.2 Å². The number of hydrogen-bond donors (Lipinski definition) is 2. The van der Waals surface area contributed by atoms with Crippen molar-refractivity contribution in [2.24, 2.45) is 0 Å². The third-order valence-electron chi connectivity index (χ3n) is 6.60. The minimum absolute atomic E-state index is 0.0753. The molecule has 0 bridgehead atoms. The molecule has 0 unspecified atom stereocenters. The number of ketones is 1. The molecule has 1 fully saturated rings. The lowest BCUT2D eigenvalue weighted by Crippen LogP contribution is -2.38. The van der Waals surface area contributed by atoms with Gasteiger partial charge < -0.3 is 20.3 Å². The minimum atomic E-state index is -0.446. The second-order valence-electron chi connectivity index (χ2n) is 9.22. The average Bonchev–Trinajstić information content (AvgIpc) is 3.43. The number of benzene rings is 2. The number of aromatic nitrogens is 2. The summed E-state index contributed by atoms with van der Waals surface area (Å²) in [4.78, 5) is 59.0. The van der Waals surface area contributed by atoms with Gasteiger partial charge >= 0.3 is 0 Å². The van der Waals surface area contributed by atoms with Crippen LogP contribution in [0.4, 0.5) is 0 Å². The normalized spacial score (nSPS) is 14.4. The highest BCUT2D eigenvalue weighted by Gasteiger charge is 2.22. The van der Waals surface area contributed by atoms with E-state index in [2.05, 4.69) is 20.6 Å². The number of likely N-dealkylation sites (tertiary alicyclic amines) is 1. The van der Waals surface area contributed by atoms with E-state index in [0.29, 0.717) is 44.6 Å². The molecule has 3 aromatic rings. The Morgan fingerprint density at radius 3 is 2.13 bits per heavy atom. The first kappa shape index (κ1) is 25.1. The van der Waals surface area contributed by atoms with Crippen LogP contribution >= 0.6 is 0 Å². The first-order valence-corrected chi connectivity index (χ1v) is 12.5. The fourth-order valence-electron chi connectivity index (χ4n) is 4.41. The number of nitrogens with zero attached hydrogens (tertiary/aromatic N) is 3. The molecule has 3 heterocycles. The molecule has 5 rings (SSSR count). The van der Waals surface area contributed by atoms with Crippen molar-refractivity contribution in [1.82, 2.24) is 25.5 Å². The Balaban J connectivity index is 1.13. The van der Waals surface area contributed by atoms with Crippen LogP contribution in [-0.2, 0) is 24.3 Å². The van der Waals surface area contributed by atoms with Gasteiger partial charge in [-0.1, -0.05) is 24.3 Å². The number of piperidine rings is 1. The van der Waals surface area contributed by atoms with E-state index in [1.54, 1.807) is 29.2 Å². The molecule has 0 radical (unpaired) electrons. The lowest BCUT2D eigenvalue weighted by atomic mass is 10.1. The Kier molecular flexibility index (Phi) is 7.39. The molecule has 3 amide bonds. The van der Waals surface area contributed by atoms with Crippen LogP contribution in [0, 0.1) is 0 Å². The maximum absolute atomic E-state index is 12.7. The van der Waals surface area contributed by atoms with Gasteiger partial charge in [0.15, 0.2) is 0 Å². The van der Waals surface area contributed by atoms with Crippen molar-refractivity contribution >= 4 is 23.5 Å². The topological polar surface area (TPSA) is 131 Å². The average molecular weight is 514 g/mol. The Labute approximate surface area is 219 Å². The van der Waals surface area contributed by atoms with Crippen molar-refractivity contribution in [3.63, 3.8) is 0 Å². The van der Waals surface area contributed by atoms with Gasteiger partial charge in [0.2, 0.25) is 0 Å². The molecular formula is C28H27N5O5. The molecule has 10 nitrogen and oxygen atoms in total. The monoisotopic (exact) mass is 513 g/mol. The maximum atomic E-state index is 12.7. The number of Topliss-reactive ketones (excluding diaryl/α,β-unsaturated/α-hetero) is 1. The zero-order chi connectivity index (χ0) is 26.5. The highest BCUT2D eigenvalue weighted by atomic mass is 16.5. The summed E-state index contributed by atoms with van der Waals surface area (Å²) < 4.78 is 5.51. The summed E-state index contributed by atoms with van der Waals surface area (Å²) in [6, 6.07) is 14.1. The molecule has 2 N–H and O–H groups in total. The number of ether oxygens (including phenoxy) is 1. The van der Waals surface area contributed by atoms with Crippen LogP contribution in [0.2, 0.25) is 0 Å². The summed E-state index contributed by atoms with van der Waals surface area (Å²) in [5.41, 5.74) is 3.58. The molecule has 0 aliphatic carbocycles. The van der Waals surface area contributed by atoms with Crippen LogP contribution < -0.4 is 15.4 Å². The molecule has 0 spiro atoms. The van der Waals surface area contributed by atoms with Gasteiger partial charge in [0.25, 0.3) is 17.7 Å². The van der Waals surface area contributed by atoms with Gasteiger partial charge in [0.1, 0.15) is 29.2 Å². The zero-order valence-electron chi connectivity index (χ0n) is 20.7. The second kappa shape index (κ2) is 11.2. The van der Waals surface area contributed by atoms with E-state index in [9.17, 15) is 19.2 Å². The van der Waals surface area contributed by atoms with Gasteiger partial charge in [0.05, 0.1) is 6.61 Å². The largest absolute Gasteiger partial charge is 0.493 e. The van der Waals surface area contributed by atoms with Crippen molar-refractivity contribution in [3.8, 4) is 5.75 Å². The van der Waals surface area contributed by atoms with Gasteiger partial charge in [-0.2, -0.15) is 0 Å². The van der Waals surface area contributed by atoms with Crippen molar-refractivity contribution in [2.45, 2.75) is 32.4 Å². The van der Waals surface area contributed by atoms with Gasteiger partial charge in [0, 0.05) is 57.1 Å². The van der Waals surface area contributed by atoms with Gasteiger partial charge in [-0.05, 0) is 34.9 Å². The molecular weight excluding hydrogens is 486 g/mol. The third kappa shape index (κ3) is 5.86. The molecule has 1 aromatic heterocycles. The number of nitrogens with one attached hydrogen (secondary N) is 2. The predicted molar refractivity (Wildman–Crippen MR) is 137 cm³/mol. The fraction of sp³-hybridized carbons (Fsp3) is 0.286. The van der Waals surface area contributed by atoms with Crippen molar-refractivity contribution < 1.29 is 23.9 Å². The number of carbonyl (C=O) groups excluding carboxylic acids is 4. The smallest absolute Gasteiger partial charge is 0.270 e. The summed E-state index contributed by atoms with van der Waals surface area (Å²) >= 11 is 0. The van der Waals surface area contributed by atoms with Gasteiger partial charge in [-0.25, -0.2) is 9.97 Å². The van der Waals surface area contributed by atoms with Crippen LogP contribution in [0.5, 0.6) is 5.75 Å². The molecule has 2 aromatic carbocycles. The third-order valence-corrected chi connectivity index (χ3v) is 6.60. The van der Waals surface area contributed by atoms with E-state index in [0.717, 1.165) is 28.9 Å². The predicted octanol–water partition coefficient (Wildman–Crippen LogP) is 2.08. The maximum Gasteiger partial charge on any atom is 0.270 e. The Morgan fingerprint density at radius 1 is 0.816 bits per heavy atom. The van der Waals surface area contributed by atoms with Crippen molar-refractivity contribution in [1.29, 1.82) is 0 Å². The molecule has 1 saturated heterocycles. The van der Waals surface area contributed by atoms with Crippen LogP contribution in [0.15, 0.2) is 54.9 Å². The quantitative estimate of drug-likeness (QED) is 0.495. The molecule has 10 heteroatoms. The fourth-order valence-corrected chi connectivity index (χ4v) is 4.41. The number of fused-ring (bicyclic) bond motifs is 1. The van der Waals surface area contributed by atoms with Crippen LogP contribution in [0.3, 0.4) is 0 Å². The van der Waals surface area contributed by atoms with E-state index in [-0.39, 0.29) is 29.6 Å². The lowest BCUT2D eigenvalue weighted by Gasteiger charge is -2.26. The van der Waals surface area contributed by atoms with Gasteiger partial charge in [-0.3, -0.25) is 19.2 Å². The van der Waals surface area contributed by atoms with E-state index < -0.39 is 11.8 Å². The Hall–Kier alpha value is -4.60. The summed E-state index contributed by atoms with van der Waals surface area (Å²) in [6.45, 7) is 2.10. The summed E-state index contributed by atoms with van der Waals surface area (Å²) in [7, 11) is 0. The first-order chi connectivity index (χ1) is 18.5. The van der Waals surface area contributed by atoms with Crippen LogP contribution in [0.1, 0.15) is 60.9 Å². The summed E-state index contributed by atoms with van der Waals surface area (Å²) in [6.07, 6.45) is 2.83. The first-order valence-electron chi connectivity index (χ1n) is 12.5. The molecule has 38 heavy (non-hydrogen) atoms. The molecule has 2 aliphatic rings. The number of rotatable bonds is 7. The highest BCUT2D eigenvalue weighted by Crippen LogP contribution is 2.25. The molecule has 0 atom stereocenters.